The van der Waals surface area contributed by atoms with Crippen LogP contribution in [0.4, 0.5) is 0 Å². The van der Waals surface area contributed by atoms with Gasteiger partial charge in [0.25, 0.3) is 0 Å². The molecule has 1 aliphatic carbocycles. The summed E-state index contributed by atoms with van der Waals surface area (Å²) in [6, 6.07) is 9.42. The van der Waals surface area contributed by atoms with Crippen LogP contribution in [0.15, 0.2) is 47.2 Å². The molecule has 1 aromatic carbocycles. The zero-order chi connectivity index (χ0) is 14.8. The van der Waals surface area contributed by atoms with Crippen LogP contribution in [-0.4, -0.2) is 18.5 Å². The van der Waals surface area contributed by atoms with E-state index in [1.807, 2.05) is 30.3 Å². The Morgan fingerprint density at radius 2 is 2.00 bits per heavy atom. The lowest BCUT2D eigenvalue weighted by atomic mass is 9.89. The fourth-order valence-corrected chi connectivity index (χ4v) is 2.79. The molecule has 4 nitrogen and oxygen atoms in total. The second-order valence-electron chi connectivity index (χ2n) is 4.99. The van der Waals surface area contributed by atoms with Crippen LogP contribution in [-0.2, 0) is 19.1 Å². The molecule has 0 aromatic heterocycles. The van der Waals surface area contributed by atoms with E-state index in [2.05, 4.69) is 0 Å². The van der Waals surface area contributed by atoms with Gasteiger partial charge in [0.2, 0.25) is 0 Å². The van der Waals surface area contributed by atoms with Crippen molar-refractivity contribution in [2.45, 2.75) is 26.2 Å². The SMILES string of the molecule is CCOC(=O)C1=C2OC(=O)C(c3ccccc3)=C2CCC1. The molecule has 0 bridgehead atoms. The molecule has 0 saturated carbocycles. The average Bonchev–Trinajstić information content (AvgIpc) is 2.84. The first-order chi connectivity index (χ1) is 10.2. The molecule has 21 heavy (non-hydrogen) atoms. The number of hydrogen-bond donors (Lipinski definition) is 0. The quantitative estimate of drug-likeness (QED) is 0.801. The molecule has 0 spiro atoms. The van der Waals surface area contributed by atoms with Gasteiger partial charge in [0.1, 0.15) is 5.76 Å². The molecule has 1 aromatic rings. The maximum absolute atomic E-state index is 12.2. The van der Waals surface area contributed by atoms with Crippen molar-refractivity contribution in [2.24, 2.45) is 0 Å². The molecule has 0 amide bonds. The largest absolute Gasteiger partial charge is 0.463 e. The van der Waals surface area contributed by atoms with Crippen LogP contribution < -0.4 is 0 Å². The number of hydrogen-bond acceptors (Lipinski definition) is 4. The van der Waals surface area contributed by atoms with Gasteiger partial charge in [0.05, 0.1) is 17.8 Å². The highest BCUT2D eigenvalue weighted by Crippen LogP contribution is 2.41. The molecule has 2 aliphatic rings. The minimum atomic E-state index is -0.383. The Morgan fingerprint density at radius 3 is 2.71 bits per heavy atom. The van der Waals surface area contributed by atoms with Gasteiger partial charge in [-0.25, -0.2) is 9.59 Å². The van der Waals surface area contributed by atoms with E-state index in [1.54, 1.807) is 6.92 Å². The summed E-state index contributed by atoms with van der Waals surface area (Å²) in [5, 5.41) is 0. The fourth-order valence-electron chi connectivity index (χ4n) is 2.79. The Hall–Kier alpha value is -2.36. The lowest BCUT2D eigenvalue weighted by molar-refractivity contribution is -0.139. The van der Waals surface area contributed by atoms with Crippen molar-refractivity contribution in [2.75, 3.05) is 6.61 Å². The van der Waals surface area contributed by atoms with Crippen molar-refractivity contribution in [3.8, 4) is 0 Å². The maximum atomic E-state index is 12.2. The topological polar surface area (TPSA) is 52.6 Å². The van der Waals surface area contributed by atoms with Gasteiger partial charge in [-0.1, -0.05) is 30.3 Å². The third-order valence-electron chi connectivity index (χ3n) is 3.69. The molecule has 1 aliphatic heterocycles. The van der Waals surface area contributed by atoms with Crippen LogP contribution in [0.1, 0.15) is 31.7 Å². The normalized spacial score (nSPS) is 17.7. The minimum absolute atomic E-state index is 0.314. The Kier molecular flexibility index (Phi) is 3.60. The lowest BCUT2D eigenvalue weighted by Gasteiger charge is -2.16. The Bertz CT molecular complexity index is 653. The molecular formula is C17H16O4. The highest BCUT2D eigenvalue weighted by atomic mass is 16.6. The van der Waals surface area contributed by atoms with Gasteiger partial charge in [-0.15, -0.1) is 0 Å². The molecule has 0 atom stereocenters. The summed E-state index contributed by atoms with van der Waals surface area (Å²) in [6.07, 6.45) is 2.15. The maximum Gasteiger partial charge on any atom is 0.344 e. The Balaban J connectivity index is 2.09. The highest BCUT2D eigenvalue weighted by molar-refractivity contribution is 6.21. The summed E-state index contributed by atoms with van der Waals surface area (Å²) < 4.78 is 10.4. The average molecular weight is 284 g/mol. The molecule has 0 N–H and O–H groups in total. The van der Waals surface area contributed by atoms with Gasteiger partial charge in [-0.05, 0) is 31.7 Å². The standard InChI is InChI=1S/C17H16O4/c1-2-20-16(18)13-10-6-9-12-14(17(19)21-15(12)13)11-7-4-3-5-8-11/h3-5,7-8H,2,6,9-10H2,1H3. The molecule has 0 saturated heterocycles. The minimum Gasteiger partial charge on any atom is -0.463 e. The first kappa shape index (κ1) is 13.6. The Labute approximate surface area is 123 Å². The lowest BCUT2D eigenvalue weighted by Crippen LogP contribution is -2.14. The molecule has 0 unspecified atom stereocenters. The predicted molar refractivity (Wildman–Crippen MR) is 77.0 cm³/mol. The van der Waals surface area contributed by atoms with E-state index < -0.39 is 0 Å². The summed E-state index contributed by atoms with van der Waals surface area (Å²) in [5.41, 5.74) is 2.72. The zero-order valence-corrected chi connectivity index (χ0v) is 11.8. The summed E-state index contributed by atoms with van der Waals surface area (Å²) in [4.78, 5) is 24.2. The summed E-state index contributed by atoms with van der Waals surface area (Å²) in [7, 11) is 0. The number of benzene rings is 1. The van der Waals surface area contributed by atoms with E-state index in [4.69, 9.17) is 9.47 Å². The molecule has 0 radical (unpaired) electrons. The number of allylic oxidation sites excluding steroid dienone is 1. The monoisotopic (exact) mass is 284 g/mol. The summed E-state index contributed by atoms with van der Waals surface area (Å²) in [6.45, 7) is 2.08. The smallest absolute Gasteiger partial charge is 0.344 e. The van der Waals surface area contributed by atoms with E-state index in [9.17, 15) is 9.59 Å². The molecule has 108 valence electrons. The molecule has 3 rings (SSSR count). The fraction of sp³-hybridized carbons (Fsp3) is 0.294. The number of rotatable bonds is 3. The van der Waals surface area contributed by atoms with Crippen molar-refractivity contribution < 1.29 is 19.1 Å². The van der Waals surface area contributed by atoms with Crippen LogP contribution in [0.5, 0.6) is 0 Å². The van der Waals surface area contributed by atoms with Crippen LogP contribution >= 0.6 is 0 Å². The molecule has 1 heterocycles. The van der Waals surface area contributed by atoms with Gasteiger partial charge in [0, 0.05) is 5.57 Å². The predicted octanol–water partition coefficient (Wildman–Crippen LogP) is 3.00. The van der Waals surface area contributed by atoms with Gasteiger partial charge in [-0.3, -0.25) is 0 Å². The number of fused-ring (bicyclic) bond motifs is 1. The zero-order valence-electron chi connectivity index (χ0n) is 11.8. The molecule has 4 heteroatoms. The number of esters is 2. The van der Waals surface area contributed by atoms with Crippen molar-refractivity contribution in [3.05, 3.63) is 52.8 Å². The van der Waals surface area contributed by atoms with Crippen LogP contribution in [0.2, 0.25) is 0 Å². The molecular weight excluding hydrogens is 268 g/mol. The van der Waals surface area contributed by atoms with Crippen LogP contribution in [0.25, 0.3) is 5.57 Å². The van der Waals surface area contributed by atoms with E-state index in [1.165, 1.54) is 0 Å². The number of carbonyl (C=O) groups excluding carboxylic acids is 2. The van der Waals surface area contributed by atoms with E-state index in [-0.39, 0.29) is 11.9 Å². The second kappa shape index (κ2) is 5.56. The van der Waals surface area contributed by atoms with Crippen LogP contribution in [0, 0.1) is 0 Å². The summed E-state index contributed by atoms with van der Waals surface area (Å²) in [5.74, 6) is -0.342. The van der Waals surface area contributed by atoms with Gasteiger partial charge >= 0.3 is 11.9 Å². The van der Waals surface area contributed by atoms with Crippen LogP contribution in [0.3, 0.4) is 0 Å². The Morgan fingerprint density at radius 1 is 1.24 bits per heavy atom. The van der Waals surface area contributed by atoms with Gasteiger partial charge in [-0.2, -0.15) is 0 Å². The van der Waals surface area contributed by atoms with Gasteiger partial charge < -0.3 is 9.47 Å². The molecule has 0 fully saturated rings. The van der Waals surface area contributed by atoms with E-state index in [0.29, 0.717) is 29.9 Å². The van der Waals surface area contributed by atoms with E-state index >= 15 is 0 Å². The first-order valence-corrected chi connectivity index (χ1v) is 7.13. The second-order valence-corrected chi connectivity index (χ2v) is 4.99. The highest BCUT2D eigenvalue weighted by Gasteiger charge is 2.36. The third-order valence-corrected chi connectivity index (χ3v) is 3.69. The van der Waals surface area contributed by atoms with Crippen molar-refractivity contribution >= 4 is 17.5 Å². The number of carbonyl (C=O) groups is 2. The van der Waals surface area contributed by atoms with Gasteiger partial charge in [0.15, 0.2) is 0 Å². The van der Waals surface area contributed by atoms with Crippen molar-refractivity contribution in [1.29, 1.82) is 0 Å². The number of ether oxygens (including phenoxy) is 2. The van der Waals surface area contributed by atoms with Crippen molar-refractivity contribution in [3.63, 3.8) is 0 Å². The van der Waals surface area contributed by atoms with Crippen molar-refractivity contribution in [1.82, 2.24) is 0 Å². The third kappa shape index (κ3) is 2.37. The summed E-state index contributed by atoms with van der Waals surface area (Å²) >= 11 is 0. The van der Waals surface area contributed by atoms with E-state index in [0.717, 1.165) is 24.0 Å². The first-order valence-electron chi connectivity index (χ1n) is 7.13.